The van der Waals surface area contributed by atoms with E-state index in [1.165, 1.54) is 5.69 Å². The molecule has 0 saturated carbocycles. The summed E-state index contributed by atoms with van der Waals surface area (Å²) in [4.78, 5) is 17.6. The van der Waals surface area contributed by atoms with Crippen LogP contribution < -0.4 is 15.0 Å². The Labute approximate surface area is 178 Å². The van der Waals surface area contributed by atoms with Crippen LogP contribution in [0.5, 0.6) is 5.75 Å². The summed E-state index contributed by atoms with van der Waals surface area (Å²) in [5.41, 5.74) is 3.04. The normalized spacial score (nSPS) is 15.8. The van der Waals surface area contributed by atoms with Crippen molar-refractivity contribution in [2.75, 3.05) is 50.6 Å². The van der Waals surface area contributed by atoms with E-state index in [0.29, 0.717) is 0 Å². The van der Waals surface area contributed by atoms with Gasteiger partial charge >= 0.3 is 0 Å². The number of fused-ring (bicyclic) bond motifs is 1. The van der Waals surface area contributed by atoms with Crippen molar-refractivity contribution in [1.29, 1.82) is 0 Å². The zero-order chi connectivity index (χ0) is 21.1. The van der Waals surface area contributed by atoms with Crippen LogP contribution in [0, 0.1) is 0 Å². The molecule has 0 aromatic heterocycles. The molecule has 0 unspecified atom stereocenters. The Morgan fingerprint density at radius 1 is 0.933 bits per heavy atom. The minimum Gasteiger partial charge on any atom is -0.497 e. The van der Waals surface area contributed by atoms with Gasteiger partial charge in [-0.1, -0.05) is 24.3 Å². The van der Waals surface area contributed by atoms with E-state index in [4.69, 9.17) is 4.74 Å². The number of hydrogen-bond acceptors (Lipinski definition) is 4. The van der Waals surface area contributed by atoms with Gasteiger partial charge in [0, 0.05) is 37.6 Å². The molecule has 30 heavy (non-hydrogen) atoms. The van der Waals surface area contributed by atoms with Gasteiger partial charge in [-0.25, -0.2) is 0 Å². The van der Waals surface area contributed by atoms with E-state index in [-0.39, 0.29) is 11.8 Å². The molecule has 1 aliphatic heterocycles. The molecule has 1 aliphatic rings. The first kappa shape index (κ1) is 20.2. The second-order valence-electron chi connectivity index (χ2n) is 8.02. The first-order valence-corrected chi connectivity index (χ1v) is 10.5. The second-order valence-corrected chi connectivity index (χ2v) is 8.02. The molecule has 1 amide bonds. The van der Waals surface area contributed by atoms with Crippen molar-refractivity contribution in [3.05, 3.63) is 66.2 Å². The summed E-state index contributed by atoms with van der Waals surface area (Å²) in [5, 5.41) is 5.26. The lowest BCUT2D eigenvalue weighted by Crippen LogP contribution is -2.44. The number of methoxy groups -OCH3 is 1. The molecule has 1 N–H and O–H groups in total. The quantitative estimate of drug-likeness (QED) is 0.688. The molecule has 3 aromatic rings. The summed E-state index contributed by atoms with van der Waals surface area (Å²) in [6.07, 6.45) is 0. The summed E-state index contributed by atoms with van der Waals surface area (Å²) in [5.74, 6) is 0.588. The van der Waals surface area contributed by atoms with E-state index in [0.717, 1.165) is 54.0 Å². The molecular formula is C25H29N3O2. The van der Waals surface area contributed by atoms with Crippen LogP contribution in [-0.2, 0) is 4.79 Å². The molecular weight excluding hydrogens is 374 g/mol. The summed E-state index contributed by atoms with van der Waals surface area (Å²) in [6, 6.07) is 20.3. The van der Waals surface area contributed by atoms with E-state index in [2.05, 4.69) is 40.4 Å². The summed E-state index contributed by atoms with van der Waals surface area (Å²) in [6.45, 7) is 6.17. The third kappa shape index (κ3) is 4.41. The van der Waals surface area contributed by atoms with Gasteiger partial charge in [0.25, 0.3) is 0 Å². The molecule has 0 bridgehead atoms. The van der Waals surface area contributed by atoms with Crippen LogP contribution in [0.4, 0.5) is 11.4 Å². The Morgan fingerprint density at radius 3 is 2.30 bits per heavy atom. The number of hydrogen-bond donors (Lipinski definition) is 1. The number of nitrogens with one attached hydrogen (secondary N) is 1. The van der Waals surface area contributed by atoms with Gasteiger partial charge in [0.15, 0.2) is 0 Å². The van der Waals surface area contributed by atoms with Crippen LogP contribution in [0.3, 0.4) is 0 Å². The van der Waals surface area contributed by atoms with Crippen molar-refractivity contribution in [2.24, 2.45) is 0 Å². The van der Waals surface area contributed by atoms with Crippen LogP contribution in [-0.4, -0.2) is 51.1 Å². The summed E-state index contributed by atoms with van der Waals surface area (Å²) < 4.78 is 5.29. The Hall–Kier alpha value is -3.05. The molecule has 4 rings (SSSR count). The maximum atomic E-state index is 12.8. The highest BCUT2D eigenvalue weighted by atomic mass is 16.5. The lowest BCUT2D eigenvalue weighted by molar-refractivity contribution is -0.117. The van der Waals surface area contributed by atoms with Crippen LogP contribution in [0.2, 0.25) is 0 Å². The number of piperazine rings is 1. The van der Waals surface area contributed by atoms with Crippen molar-refractivity contribution in [1.82, 2.24) is 4.90 Å². The van der Waals surface area contributed by atoms with E-state index >= 15 is 0 Å². The van der Waals surface area contributed by atoms with Gasteiger partial charge in [-0.3, -0.25) is 4.79 Å². The van der Waals surface area contributed by atoms with Gasteiger partial charge in [-0.15, -0.1) is 0 Å². The standard InChI is InChI=1S/C25H29N3O2/c1-18(19-4-5-21-17-24(30-3)11-6-20(21)16-19)25(29)26-22-7-9-23(10-8-22)28-14-12-27(2)13-15-28/h4-11,16-18H,12-15H2,1-3H3,(H,26,29)/t18-/m0/s1. The average Bonchev–Trinajstić information content (AvgIpc) is 2.79. The third-order valence-corrected chi connectivity index (χ3v) is 5.97. The Kier molecular flexibility index (Phi) is 5.91. The average molecular weight is 404 g/mol. The number of benzene rings is 3. The second kappa shape index (κ2) is 8.76. The number of ether oxygens (including phenoxy) is 1. The number of rotatable bonds is 5. The van der Waals surface area contributed by atoms with Gasteiger partial charge in [0.05, 0.1) is 13.0 Å². The largest absolute Gasteiger partial charge is 0.497 e. The van der Waals surface area contributed by atoms with Crippen LogP contribution in [0.25, 0.3) is 10.8 Å². The van der Waals surface area contributed by atoms with Crippen LogP contribution >= 0.6 is 0 Å². The molecule has 156 valence electrons. The Balaban J connectivity index is 1.42. The highest BCUT2D eigenvalue weighted by Gasteiger charge is 2.17. The van der Waals surface area contributed by atoms with Gasteiger partial charge in [-0.05, 0) is 66.7 Å². The molecule has 0 aliphatic carbocycles. The van der Waals surface area contributed by atoms with E-state index < -0.39 is 0 Å². The van der Waals surface area contributed by atoms with E-state index in [9.17, 15) is 4.79 Å². The van der Waals surface area contributed by atoms with Gasteiger partial charge in [0.1, 0.15) is 5.75 Å². The number of amides is 1. The fourth-order valence-electron chi connectivity index (χ4n) is 3.86. The summed E-state index contributed by atoms with van der Waals surface area (Å²) in [7, 11) is 3.82. The SMILES string of the molecule is COc1ccc2cc([C@H](C)C(=O)Nc3ccc(N4CCN(C)CC4)cc3)ccc2c1. The molecule has 5 nitrogen and oxygen atoms in total. The lowest BCUT2D eigenvalue weighted by Gasteiger charge is -2.34. The zero-order valence-electron chi connectivity index (χ0n) is 17.9. The zero-order valence-corrected chi connectivity index (χ0v) is 17.9. The van der Waals surface area contributed by atoms with Crippen molar-refractivity contribution in [2.45, 2.75) is 12.8 Å². The number of nitrogens with zero attached hydrogens (tertiary/aromatic N) is 2. The van der Waals surface area contributed by atoms with Crippen molar-refractivity contribution in [3.8, 4) is 5.75 Å². The molecule has 3 aromatic carbocycles. The number of likely N-dealkylation sites (N-methyl/N-ethyl adjacent to an activating group) is 1. The topological polar surface area (TPSA) is 44.8 Å². The van der Waals surface area contributed by atoms with Crippen molar-refractivity contribution in [3.63, 3.8) is 0 Å². The van der Waals surface area contributed by atoms with E-state index in [1.54, 1.807) is 7.11 Å². The molecule has 1 saturated heterocycles. The minimum atomic E-state index is -0.242. The first-order valence-electron chi connectivity index (χ1n) is 10.5. The lowest BCUT2D eigenvalue weighted by atomic mass is 9.97. The molecule has 1 atom stereocenters. The van der Waals surface area contributed by atoms with Gasteiger partial charge in [0.2, 0.25) is 5.91 Å². The summed E-state index contributed by atoms with van der Waals surface area (Å²) >= 11 is 0. The van der Waals surface area contributed by atoms with Gasteiger partial charge < -0.3 is 19.9 Å². The number of anilines is 2. The monoisotopic (exact) mass is 403 g/mol. The predicted molar refractivity (Wildman–Crippen MR) is 124 cm³/mol. The smallest absolute Gasteiger partial charge is 0.231 e. The first-order chi connectivity index (χ1) is 14.5. The molecule has 1 fully saturated rings. The Morgan fingerprint density at radius 2 is 1.60 bits per heavy atom. The molecule has 0 radical (unpaired) electrons. The van der Waals surface area contributed by atoms with Crippen LogP contribution in [0.1, 0.15) is 18.4 Å². The fraction of sp³-hybridized carbons (Fsp3) is 0.320. The molecule has 5 heteroatoms. The third-order valence-electron chi connectivity index (χ3n) is 5.97. The highest BCUT2D eigenvalue weighted by Crippen LogP contribution is 2.26. The number of carbonyl (C=O) groups excluding carboxylic acids is 1. The minimum absolute atomic E-state index is 0.00444. The maximum absolute atomic E-state index is 12.8. The van der Waals surface area contributed by atoms with Crippen molar-refractivity contribution >= 4 is 28.1 Å². The fourth-order valence-corrected chi connectivity index (χ4v) is 3.86. The predicted octanol–water partition coefficient (Wildman–Crippen LogP) is 4.34. The van der Waals surface area contributed by atoms with E-state index in [1.807, 2.05) is 49.4 Å². The van der Waals surface area contributed by atoms with Crippen molar-refractivity contribution < 1.29 is 9.53 Å². The molecule has 0 spiro atoms. The van der Waals surface area contributed by atoms with Crippen LogP contribution in [0.15, 0.2) is 60.7 Å². The van der Waals surface area contributed by atoms with Gasteiger partial charge in [-0.2, -0.15) is 0 Å². The maximum Gasteiger partial charge on any atom is 0.231 e. The Bertz CT molecular complexity index is 1020. The molecule has 1 heterocycles. The number of carbonyl (C=O) groups is 1. The highest BCUT2D eigenvalue weighted by molar-refractivity contribution is 5.96.